The highest BCUT2D eigenvalue weighted by Gasteiger charge is 2.24. The highest BCUT2D eigenvalue weighted by atomic mass is 79.9. The van der Waals surface area contributed by atoms with Gasteiger partial charge in [-0.2, -0.15) is 4.72 Å². The van der Waals surface area contributed by atoms with Crippen LogP contribution in [-0.2, 0) is 14.8 Å². The van der Waals surface area contributed by atoms with Crippen molar-refractivity contribution >= 4 is 31.9 Å². The fourth-order valence-electron chi connectivity index (χ4n) is 1.39. The SMILES string of the molecule is CCC[C@H](NS(=O)(=O)c1ccc(Br)cc1)C(=O)O. The van der Waals surface area contributed by atoms with Gasteiger partial charge in [-0.3, -0.25) is 4.79 Å². The number of carboxylic acids is 1. The number of hydrogen-bond acceptors (Lipinski definition) is 3. The fraction of sp³-hybridized carbons (Fsp3) is 0.364. The molecule has 0 aromatic heterocycles. The van der Waals surface area contributed by atoms with E-state index in [1.165, 1.54) is 12.1 Å². The van der Waals surface area contributed by atoms with Crippen LogP contribution in [0.2, 0.25) is 0 Å². The molecule has 100 valence electrons. The van der Waals surface area contributed by atoms with Gasteiger partial charge in [-0.15, -0.1) is 0 Å². The zero-order valence-electron chi connectivity index (χ0n) is 9.76. The number of hydrogen-bond donors (Lipinski definition) is 2. The van der Waals surface area contributed by atoms with Crippen LogP contribution in [0.25, 0.3) is 0 Å². The Hall–Kier alpha value is -0.920. The Balaban J connectivity index is 2.93. The lowest BCUT2D eigenvalue weighted by molar-refractivity contribution is -0.139. The molecule has 18 heavy (non-hydrogen) atoms. The van der Waals surface area contributed by atoms with Gasteiger partial charge in [0.05, 0.1) is 4.90 Å². The Morgan fingerprint density at radius 1 is 1.39 bits per heavy atom. The van der Waals surface area contributed by atoms with E-state index in [0.717, 1.165) is 4.47 Å². The van der Waals surface area contributed by atoms with Crippen LogP contribution in [0.1, 0.15) is 19.8 Å². The second-order valence-electron chi connectivity index (χ2n) is 3.75. The van der Waals surface area contributed by atoms with E-state index in [1.54, 1.807) is 19.1 Å². The van der Waals surface area contributed by atoms with Crippen LogP contribution in [0.5, 0.6) is 0 Å². The van der Waals surface area contributed by atoms with Gasteiger partial charge in [0.15, 0.2) is 0 Å². The van der Waals surface area contributed by atoms with Crippen LogP contribution < -0.4 is 4.72 Å². The number of carboxylic acid groups (broad SMARTS) is 1. The van der Waals surface area contributed by atoms with Crippen LogP contribution in [-0.4, -0.2) is 25.5 Å². The molecule has 0 fully saturated rings. The van der Waals surface area contributed by atoms with Crippen molar-refractivity contribution < 1.29 is 18.3 Å². The molecule has 0 aliphatic rings. The summed E-state index contributed by atoms with van der Waals surface area (Å²) in [5.41, 5.74) is 0. The standard InChI is InChI=1S/C11H14BrNO4S/c1-2-3-10(11(14)15)13-18(16,17)9-6-4-8(12)5-7-9/h4-7,10,13H,2-3H2,1H3,(H,14,15)/t10-/m0/s1. The van der Waals surface area contributed by atoms with E-state index in [4.69, 9.17) is 5.11 Å². The Labute approximate surface area is 114 Å². The summed E-state index contributed by atoms with van der Waals surface area (Å²) in [6, 6.07) is 4.91. The molecule has 5 nitrogen and oxygen atoms in total. The third-order valence-electron chi connectivity index (χ3n) is 2.30. The maximum atomic E-state index is 11.9. The van der Waals surface area contributed by atoms with Gasteiger partial charge in [0.1, 0.15) is 6.04 Å². The molecule has 0 aliphatic carbocycles. The lowest BCUT2D eigenvalue weighted by Gasteiger charge is -2.13. The average Bonchev–Trinajstić information content (AvgIpc) is 2.28. The molecule has 1 aromatic carbocycles. The number of nitrogens with one attached hydrogen (secondary N) is 1. The summed E-state index contributed by atoms with van der Waals surface area (Å²) in [5.74, 6) is -1.17. The second kappa shape index (κ2) is 6.31. The van der Waals surface area contributed by atoms with Crippen molar-refractivity contribution in [2.75, 3.05) is 0 Å². The monoisotopic (exact) mass is 335 g/mol. The third kappa shape index (κ3) is 4.08. The van der Waals surface area contributed by atoms with Gasteiger partial charge in [0.25, 0.3) is 0 Å². The van der Waals surface area contributed by atoms with E-state index >= 15 is 0 Å². The first-order chi connectivity index (χ1) is 8.36. The summed E-state index contributed by atoms with van der Waals surface area (Å²) in [5, 5.41) is 8.92. The molecule has 0 amide bonds. The lowest BCUT2D eigenvalue weighted by Crippen LogP contribution is -2.40. The van der Waals surface area contributed by atoms with Crippen LogP contribution in [0.4, 0.5) is 0 Å². The molecule has 0 heterocycles. The van der Waals surface area contributed by atoms with E-state index in [1.807, 2.05) is 0 Å². The number of carbonyl (C=O) groups is 1. The molecular formula is C11H14BrNO4S. The van der Waals surface area contributed by atoms with Gasteiger partial charge in [-0.25, -0.2) is 8.42 Å². The minimum Gasteiger partial charge on any atom is -0.480 e. The van der Waals surface area contributed by atoms with Crippen molar-refractivity contribution in [3.8, 4) is 0 Å². The Kier molecular flexibility index (Phi) is 5.30. The van der Waals surface area contributed by atoms with Crippen molar-refractivity contribution in [2.24, 2.45) is 0 Å². The molecule has 0 spiro atoms. The second-order valence-corrected chi connectivity index (χ2v) is 6.38. The van der Waals surface area contributed by atoms with Gasteiger partial charge < -0.3 is 5.11 Å². The first-order valence-corrected chi connectivity index (χ1v) is 7.65. The zero-order chi connectivity index (χ0) is 13.8. The molecule has 0 bridgehead atoms. The number of sulfonamides is 1. The van der Waals surface area contributed by atoms with E-state index in [2.05, 4.69) is 20.7 Å². The van der Waals surface area contributed by atoms with Crippen molar-refractivity contribution in [1.29, 1.82) is 0 Å². The molecule has 1 atom stereocenters. The lowest BCUT2D eigenvalue weighted by atomic mass is 10.2. The van der Waals surface area contributed by atoms with Crippen molar-refractivity contribution in [2.45, 2.75) is 30.7 Å². The van der Waals surface area contributed by atoms with Crippen molar-refractivity contribution in [1.82, 2.24) is 4.72 Å². The minimum atomic E-state index is -3.80. The van der Waals surface area contributed by atoms with Gasteiger partial charge >= 0.3 is 5.97 Å². The molecule has 0 aliphatic heterocycles. The topological polar surface area (TPSA) is 83.5 Å². The molecule has 1 aromatic rings. The maximum absolute atomic E-state index is 11.9. The number of rotatable bonds is 6. The van der Waals surface area contributed by atoms with Gasteiger partial charge in [-0.05, 0) is 30.7 Å². The maximum Gasteiger partial charge on any atom is 0.321 e. The third-order valence-corrected chi connectivity index (χ3v) is 4.31. The van der Waals surface area contributed by atoms with E-state index in [-0.39, 0.29) is 11.3 Å². The van der Waals surface area contributed by atoms with Gasteiger partial charge in [-0.1, -0.05) is 29.3 Å². The van der Waals surface area contributed by atoms with Crippen molar-refractivity contribution in [3.63, 3.8) is 0 Å². The van der Waals surface area contributed by atoms with Crippen LogP contribution >= 0.6 is 15.9 Å². The van der Waals surface area contributed by atoms with Crippen LogP contribution in [0.3, 0.4) is 0 Å². The molecule has 0 unspecified atom stereocenters. The quantitative estimate of drug-likeness (QED) is 0.832. The first kappa shape index (κ1) is 15.1. The highest BCUT2D eigenvalue weighted by molar-refractivity contribution is 9.10. The molecule has 7 heteroatoms. The predicted octanol–water partition coefficient (Wildman–Crippen LogP) is 1.98. The largest absolute Gasteiger partial charge is 0.480 e. The van der Waals surface area contributed by atoms with E-state index in [0.29, 0.717) is 6.42 Å². The minimum absolute atomic E-state index is 0.0491. The molecule has 0 radical (unpaired) electrons. The zero-order valence-corrected chi connectivity index (χ0v) is 12.2. The summed E-state index contributed by atoms with van der Waals surface area (Å²) in [6.45, 7) is 1.80. The first-order valence-electron chi connectivity index (χ1n) is 5.37. The number of aliphatic carboxylic acids is 1. The molecule has 1 rings (SSSR count). The van der Waals surface area contributed by atoms with E-state index in [9.17, 15) is 13.2 Å². The van der Waals surface area contributed by atoms with Crippen LogP contribution in [0.15, 0.2) is 33.6 Å². The molecule has 2 N–H and O–H groups in total. The van der Waals surface area contributed by atoms with Gasteiger partial charge in [0.2, 0.25) is 10.0 Å². The van der Waals surface area contributed by atoms with Crippen LogP contribution in [0, 0.1) is 0 Å². The molecule has 0 saturated carbocycles. The van der Waals surface area contributed by atoms with E-state index < -0.39 is 22.0 Å². The summed E-state index contributed by atoms with van der Waals surface area (Å²) in [6.07, 6.45) is 0.838. The number of benzene rings is 1. The average molecular weight is 336 g/mol. The Bertz CT molecular complexity index is 512. The Morgan fingerprint density at radius 2 is 1.94 bits per heavy atom. The van der Waals surface area contributed by atoms with Gasteiger partial charge in [0, 0.05) is 4.47 Å². The summed E-state index contributed by atoms with van der Waals surface area (Å²) < 4.78 is 26.8. The molecular weight excluding hydrogens is 322 g/mol. The predicted molar refractivity (Wildman–Crippen MR) is 70.8 cm³/mol. The van der Waals surface area contributed by atoms with Crippen molar-refractivity contribution in [3.05, 3.63) is 28.7 Å². The number of halogens is 1. The smallest absolute Gasteiger partial charge is 0.321 e. The summed E-state index contributed by atoms with van der Waals surface area (Å²) in [4.78, 5) is 11.0. The Morgan fingerprint density at radius 3 is 2.39 bits per heavy atom. The summed E-state index contributed by atoms with van der Waals surface area (Å²) >= 11 is 3.20. The summed E-state index contributed by atoms with van der Waals surface area (Å²) in [7, 11) is -3.80. The molecule has 0 saturated heterocycles. The fourth-order valence-corrected chi connectivity index (χ4v) is 2.88. The normalized spacial score (nSPS) is 13.2. The highest BCUT2D eigenvalue weighted by Crippen LogP contribution is 2.15.